The molecule has 0 aliphatic carbocycles. The summed E-state index contributed by atoms with van der Waals surface area (Å²) in [5.74, 6) is 1.02. The first-order valence-electron chi connectivity index (χ1n) is 7.27. The summed E-state index contributed by atoms with van der Waals surface area (Å²) in [5.41, 5.74) is 2.47. The summed E-state index contributed by atoms with van der Waals surface area (Å²) in [5, 5.41) is 3.34. The lowest BCUT2D eigenvalue weighted by molar-refractivity contribution is -0.132. The van der Waals surface area contributed by atoms with Gasteiger partial charge in [-0.3, -0.25) is 4.79 Å². The normalized spacial score (nSPS) is 18.9. The van der Waals surface area contributed by atoms with E-state index in [4.69, 9.17) is 4.74 Å². The van der Waals surface area contributed by atoms with Crippen LogP contribution >= 0.6 is 0 Å². The SMILES string of the molecule is Cc1ccc(OCCC(=O)N2CCNC(C)C2)cc1C. The van der Waals surface area contributed by atoms with Crippen LogP contribution in [0.15, 0.2) is 18.2 Å². The van der Waals surface area contributed by atoms with Gasteiger partial charge in [-0.1, -0.05) is 6.07 Å². The largest absolute Gasteiger partial charge is 0.493 e. The van der Waals surface area contributed by atoms with Crippen molar-refractivity contribution < 1.29 is 9.53 Å². The number of benzene rings is 1. The molecule has 0 spiro atoms. The van der Waals surface area contributed by atoms with Crippen LogP contribution in [0.5, 0.6) is 5.75 Å². The molecular formula is C16H24N2O2. The summed E-state index contributed by atoms with van der Waals surface area (Å²) in [7, 11) is 0. The van der Waals surface area contributed by atoms with Crippen molar-refractivity contribution >= 4 is 5.91 Å². The van der Waals surface area contributed by atoms with Crippen LogP contribution < -0.4 is 10.1 Å². The maximum Gasteiger partial charge on any atom is 0.226 e. The Morgan fingerprint density at radius 1 is 1.40 bits per heavy atom. The number of carbonyl (C=O) groups excluding carboxylic acids is 1. The second-order valence-electron chi connectivity index (χ2n) is 5.54. The zero-order valence-electron chi connectivity index (χ0n) is 12.6. The van der Waals surface area contributed by atoms with E-state index in [1.165, 1.54) is 11.1 Å². The molecule has 0 saturated carbocycles. The molecule has 1 atom stereocenters. The van der Waals surface area contributed by atoms with Crippen molar-refractivity contribution in [3.63, 3.8) is 0 Å². The average Bonchev–Trinajstić information content (AvgIpc) is 2.42. The lowest BCUT2D eigenvalue weighted by Gasteiger charge is -2.31. The number of carbonyl (C=O) groups is 1. The van der Waals surface area contributed by atoms with Gasteiger partial charge in [0.25, 0.3) is 0 Å². The standard InChI is InChI=1S/C16H24N2O2/c1-12-4-5-15(10-13(12)2)20-9-6-16(19)18-8-7-17-14(3)11-18/h4-5,10,14,17H,6-9,11H2,1-3H3. The van der Waals surface area contributed by atoms with Crippen molar-refractivity contribution in [1.29, 1.82) is 0 Å². The Morgan fingerprint density at radius 3 is 2.90 bits per heavy atom. The Balaban J connectivity index is 1.77. The van der Waals surface area contributed by atoms with Gasteiger partial charge < -0.3 is 15.0 Å². The molecule has 0 aromatic heterocycles. The highest BCUT2D eigenvalue weighted by Gasteiger charge is 2.19. The number of nitrogens with zero attached hydrogens (tertiary/aromatic N) is 1. The van der Waals surface area contributed by atoms with E-state index in [9.17, 15) is 4.79 Å². The molecule has 1 heterocycles. The third-order valence-electron chi connectivity index (χ3n) is 3.78. The van der Waals surface area contributed by atoms with Crippen molar-refractivity contribution in [2.45, 2.75) is 33.2 Å². The van der Waals surface area contributed by atoms with E-state index in [0.29, 0.717) is 19.1 Å². The van der Waals surface area contributed by atoms with Gasteiger partial charge in [0.05, 0.1) is 13.0 Å². The van der Waals surface area contributed by atoms with Crippen LogP contribution in [0, 0.1) is 13.8 Å². The molecule has 1 aliphatic rings. The van der Waals surface area contributed by atoms with E-state index in [0.717, 1.165) is 25.4 Å². The van der Waals surface area contributed by atoms with Crippen molar-refractivity contribution in [2.75, 3.05) is 26.2 Å². The fraction of sp³-hybridized carbons (Fsp3) is 0.562. The van der Waals surface area contributed by atoms with Crippen molar-refractivity contribution in [3.8, 4) is 5.75 Å². The summed E-state index contributed by atoms with van der Waals surface area (Å²) in [6, 6.07) is 6.41. The minimum absolute atomic E-state index is 0.183. The van der Waals surface area contributed by atoms with E-state index in [1.54, 1.807) is 0 Å². The predicted molar refractivity (Wildman–Crippen MR) is 80.1 cm³/mol. The molecule has 4 nitrogen and oxygen atoms in total. The molecule has 110 valence electrons. The van der Waals surface area contributed by atoms with E-state index in [2.05, 4.69) is 26.1 Å². The quantitative estimate of drug-likeness (QED) is 0.913. The van der Waals surface area contributed by atoms with Gasteiger partial charge in [-0.05, 0) is 44.0 Å². The van der Waals surface area contributed by atoms with Crippen molar-refractivity contribution in [1.82, 2.24) is 10.2 Å². The summed E-state index contributed by atoms with van der Waals surface area (Å²) in [6.45, 7) is 9.16. The summed E-state index contributed by atoms with van der Waals surface area (Å²) in [6.07, 6.45) is 0.444. The van der Waals surface area contributed by atoms with Gasteiger partial charge in [-0.2, -0.15) is 0 Å². The lowest BCUT2D eigenvalue weighted by Crippen LogP contribution is -2.51. The van der Waals surface area contributed by atoms with Crippen LogP contribution in [0.2, 0.25) is 0 Å². The molecule has 2 rings (SSSR count). The number of rotatable bonds is 4. The Bertz CT molecular complexity index is 474. The molecule has 1 saturated heterocycles. The molecule has 4 heteroatoms. The number of piperazine rings is 1. The van der Waals surface area contributed by atoms with E-state index >= 15 is 0 Å². The molecule has 1 aliphatic heterocycles. The summed E-state index contributed by atoms with van der Waals surface area (Å²) >= 11 is 0. The number of hydrogen-bond acceptors (Lipinski definition) is 3. The van der Waals surface area contributed by atoms with E-state index < -0.39 is 0 Å². The Morgan fingerprint density at radius 2 is 2.20 bits per heavy atom. The number of hydrogen-bond donors (Lipinski definition) is 1. The molecule has 20 heavy (non-hydrogen) atoms. The molecular weight excluding hydrogens is 252 g/mol. The summed E-state index contributed by atoms with van der Waals surface area (Å²) < 4.78 is 5.67. The van der Waals surface area contributed by atoms with Gasteiger partial charge in [0.2, 0.25) is 5.91 Å². The van der Waals surface area contributed by atoms with Gasteiger partial charge in [0.1, 0.15) is 5.75 Å². The summed E-state index contributed by atoms with van der Waals surface area (Å²) in [4.78, 5) is 14.0. The van der Waals surface area contributed by atoms with Gasteiger partial charge in [0.15, 0.2) is 0 Å². The van der Waals surface area contributed by atoms with Crippen LogP contribution in [-0.2, 0) is 4.79 Å². The maximum atomic E-state index is 12.1. The van der Waals surface area contributed by atoms with Crippen LogP contribution in [-0.4, -0.2) is 43.1 Å². The number of aryl methyl sites for hydroxylation is 2. The highest BCUT2D eigenvalue weighted by Crippen LogP contribution is 2.16. The van der Waals surface area contributed by atoms with E-state index in [1.807, 2.05) is 23.1 Å². The Labute approximate surface area is 121 Å². The first kappa shape index (κ1) is 14.9. The van der Waals surface area contributed by atoms with Gasteiger partial charge in [-0.25, -0.2) is 0 Å². The number of nitrogens with one attached hydrogen (secondary N) is 1. The van der Waals surface area contributed by atoms with Crippen LogP contribution in [0.25, 0.3) is 0 Å². The first-order valence-corrected chi connectivity index (χ1v) is 7.27. The van der Waals surface area contributed by atoms with E-state index in [-0.39, 0.29) is 5.91 Å². The van der Waals surface area contributed by atoms with Crippen molar-refractivity contribution in [2.24, 2.45) is 0 Å². The average molecular weight is 276 g/mol. The molecule has 0 bridgehead atoms. The third-order valence-corrected chi connectivity index (χ3v) is 3.78. The zero-order chi connectivity index (χ0) is 14.5. The lowest BCUT2D eigenvalue weighted by atomic mass is 10.1. The van der Waals surface area contributed by atoms with Gasteiger partial charge in [0, 0.05) is 25.7 Å². The monoisotopic (exact) mass is 276 g/mol. The molecule has 1 aromatic rings. The molecule has 1 N–H and O–H groups in total. The first-order chi connectivity index (χ1) is 9.56. The number of amides is 1. The highest BCUT2D eigenvalue weighted by molar-refractivity contribution is 5.76. The molecule has 1 amide bonds. The minimum Gasteiger partial charge on any atom is -0.493 e. The molecule has 1 unspecified atom stereocenters. The fourth-order valence-electron chi connectivity index (χ4n) is 2.38. The van der Waals surface area contributed by atoms with Crippen LogP contribution in [0.3, 0.4) is 0 Å². The molecule has 1 aromatic carbocycles. The topological polar surface area (TPSA) is 41.6 Å². The smallest absolute Gasteiger partial charge is 0.226 e. The van der Waals surface area contributed by atoms with Gasteiger partial charge >= 0.3 is 0 Å². The van der Waals surface area contributed by atoms with Crippen LogP contribution in [0.1, 0.15) is 24.5 Å². The Hall–Kier alpha value is -1.55. The number of ether oxygens (including phenoxy) is 1. The minimum atomic E-state index is 0.183. The van der Waals surface area contributed by atoms with Crippen molar-refractivity contribution in [3.05, 3.63) is 29.3 Å². The molecule has 0 radical (unpaired) electrons. The second-order valence-corrected chi connectivity index (χ2v) is 5.54. The maximum absolute atomic E-state index is 12.1. The zero-order valence-corrected chi connectivity index (χ0v) is 12.6. The second kappa shape index (κ2) is 6.75. The Kier molecular flexibility index (Phi) is 5.01. The predicted octanol–water partition coefficient (Wildman–Crippen LogP) is 1.89. The molecule has 1 fully saturated rings. The highest BCUT2D eigenvalue weighted by atomic mass is 16.5. The fourth-order valence-corrected chi connectivity index (χ4v) is 2.38. The van der Waals surface area contributed by atoms with Crippen LogP contribution in [0.4, 0.5) is 0 Å². The third kappa shape index (κ3) is 3.97. The van der Waals surface area contributed by atoms with Gasteiger partial charge in [-0.15, -0.1) is 0 Å².